The van der Waals surface area contributed by atoms with E-state index in [1.54, 1.807) is 12.1 Å². The molecule has 0 saturated heterocycles. The molecule has 1 N–H and O–H groups in total. The zero-order valence-corrected chi connectivity index (χ0v) is 19.0. The summed E-state index contributed by atoms with van der Waals surface area (Å²) >= 11 is 1.47. The van der Waals surface area contributed by atoms with Crippen molar-refractivity contribution in [1.82, 2.24) is 4.90 Å². The van der Waals surface area contributed by atoms with Gasteiger partial charge in [0.05, 0.1) is 27.9 Å². The lowest BCUT2D eigenvalue weighted by Gasteiger charge is -2.36. The molecule has 5 rings (SSSR count). The van der Waals surface area contributed by atoms with Gasteiger partial charge in [0.15, 0.2) is 5.17 Å². The molecule has 0 fully saturated rings. The molecule has 8 heteroatoms. The number of amidine groups is 1. The van der Waals surface area contributed by atoms with Gasteiger partial charge in [-0.25, -0.2) is 4.99 Å². The van der Waals surface area contributed by atoms with Crippen LogP contribution in [0, 0.1) is 10.1 Å². The van der Waals surface area contributed by atoms with Gasteiger partial charge >= 0.3 is 0 Å². The Bertz CT molecular complexity index is 1350. The molecule has 2 heterocycles. The first-order chi connectivity index (χ1) is 16.5. The Kier molecular flexibility index (Phi) is 5.73. The predicted octanol–water partition coefficient (Wildman–Crippen LogP) is 5.97. The van der Waals surface area contributed by atoms with E-state index in [0.717, 1.165) is 22.0 Å². The molecule has 0 unspecified atom stereocenters. The van der Waals surface area contributed by atoms with E-state index in [9.17, 15) is 14.9 Å². The van der Waals surface area contributed by atoms with Crippen molar-refractivity contribution in [3.8, 4) is 0 Å². The normalized spacial score (nSPS) is 17.1. The van der Waals surface area contributed by atoms with Crippen molar-refractivity contribution in [1.29, 1.82) is 0 Å². The van der Waals surface area contributed by atoms with Gasteiger partial charge in [-0.05, 0) is 42.3 Å². The number of carbonyl (C=O) groups is 1. The maximum atomic E-state index is 13.5. The summed E-state index contributed by atoms with van der Waals surface area (Å²) in [6, 6.07) is 25.2. The number of carbonyl (C=O) groups excluding carboxylic acids is 1. The van der Waals surface area contributed by atoms with Gasteiger partial charge in [-0.2, -0.15) is 0 Å². The third kappa shape index (κ3) is 3.99. The van der Waals surface area contributed by atoms with Crippen LogP contribution in [-0.2, 0) is 4.79 Å². The van der Waals surface area contributed by atoms with Crippen LogP contribution in [0.1, 0.15) is 24.1 Å². The highest BCUT2D eigenvalue weighted by atomic mass is 32.2. The number of benzene rings is 3. The van der Waals surface area contributed by atoms with Gasteiger partial charge in [0.2, 0.25) is 0 Å². The molecule has 2 aliphatic heterocycles. The number of allylic oxidation sites excluding steroid dienone is 1. The minimum atomic E-state index is -0.416. The first-order valence-electron chi connectivity index (χ1n) is 10.6. The molecule has 1 atom stereocenters. The monoisotopic (exact) mass is 468 g/mol. The summed E-state index contributed by atoms with van der Waals surface area (Å²) in [7, 11) is 0. The number of nitro benzene ring substituents is 1. The van der Waals surface area contributed by atoms with Crippen LogP contribution in [0.3, 0.4) is 0 Å². The minimum absolute atomic E-state index is 0.0285. The largest absolute Gasteiger partial charge is 0.322 e. The fourth-order valence-electron chi connectivity index (χ4n) is 4.11. The van der Waals surface area contributed by atoms with E-state index in [4.69, 9.17) is 4.99 Å². The second kappa shape index (κ2) is 8.99. The first-order valence-corrected chi connectivity index (χ1v) is 11.5. The number of non-ortho nitro benzene ring substituents is 1. The van der Waals surface area contributed by atoms with Crippen molar-refractivity contribution in [2.24, 2.45) is 4.99 Å². The molecular weight excluding hydrogens is 448 g/mol. The molecule has 0 aliphatic carbocycles. The molecule has 2 aliphatic rings. The third-order valence-corrected chi connectivity index (χ3v) is 6.53. The van der Waals surface area contributed by atoms with Crippen LogP contribution in [0.2, 0.25) is 0 Å². The molecule has 0 aromatic heterocycles. The summed E-state index contributed by atoms with van der Waals surface area (Å²) in [6.07, 6.45) is 0. The summed E-state index contributed by atoms with van der Waals surface area (Å²) in [5, 5.41) is 16.8. The zero-order valence-electron chi connectivity index (χ0n) is 18.2. The lowest BCUT2D eigenvalue weighted by molar-refractivity contribution is -0.384. The van der Waals surface area contributed by atoms with Crippen LogP contribution < -0.4 is 5.32 Å². The summed E-state index contributed by atoms with van der Waals surface area (Å²) in [4.78, 5) is 31.0. The van der Waals surface area contributed by atoms with E-state index < -0.39 is 11.0 Å². The lowest BCUT2D eigenvalue weighted by Crippen LogP contribution is -2.37. The number of nitrogens with one attached hydrogen (secondary N) is 1. The fourth-order valence-corrected chi connectivity index (χ4v) is 5.08. The number of hydrogen-bond acceptors (Lipinski definition) is 6. The van der Waals surface area contributed by atoms with Gasteiger partial charge in [0.25, 0.3) is 11.6 Å². The highest BCUT2D eigenvalue weighted by Gasteiger charge is 2.40. The van der Waals surface area contributed by atoms with E-state index in [1.165, 1.54) is 23.9 Å². The number of para-hydroxylation sites is 1. The fraction of sp³-hybridized carbons (Fsp3) is 0.0769. The maximum Gasteiger partial charge on any atom is 0.269 e. The van der Waals surface area contributed by atoms with E-state index in [-0.39, 0.29) is 11.6 Å². The highest BCUT2D eigenvalue weighted by molar-refractivity contribution is 8.16. The van der Waals surface area contributed by atoms with Crippen LogP contribution in [0.4, 0.5) is 11.4 Å². The smallest absolute Gasteiger partial charge is 0.269 e. The van der Waals surface area contributed by atoms with Crippen LogP contribution in [0.25, 0.3) is 5.70 Å². The quantitative estimate of drug-likeness (QED) is 0.368. The molecule has 0 radical (unpaired) electrons. The molecule has 3 aromatic rings. The summed E-state index contributed by atoms with van der Waals surface area (Å²) in [5.41, 5.74) is 4.53. The topological polar surface area (TPSA) is 87.8 Å². The Morgan fingerprint density at radius 3 is 2.29 bits per heavy atom. The predicted molar refractivity (Wildman–Crippen MR) is 135 cm³/mol. The summed E-state index contributed by atoms with van der Waals surface area (Å²) < 4.78 is 0. The summed E-state index contributed by atoms with van der Waals surface area (Å²) in [5.74, 6) is -0.222. The Hall–Kier alpha value is -4.17. The molecular formula is C26H20N4O3S. The molecule has 7 nitrogen and oxygen atoms in total. The van der Waals surface area contributed by atoms with E-state index in [0.29, 0.717) is 17.0 Å². The zero-order chi connectivity index (χ0) is 23.7. The van der Waals surface area contributed by atoms with Gasteiger partial charge in [0, 0.05) is 23.2 Å². The molecule has 34 heavy (non-hydrogen) atoms. The highest BCUT2D eigenvalue weighted by Crippen LogP contribution is 2.46. The average Bonchev–Trinajstić information content (AvgIpc) is 3.27. The number of thioether (sulfide) groups is 1. The Morgan fingerprint density at radius 2 is 1.65 bits per heavy atom. The third-order valence-electron chi connectivity index (χ3n) is 5.69. The molecule has 0 saturated carbocycles. The standard InChI is InChI=1S/C26H20N4O3S/c1-17-23(25(31)28-20-10-6-3-7-11-20)24(19-8-4-2-5-9-19)29-22(16-34-26(29)27-17)18-12-14-21(15-13-18)30(32)33/h2-16,24H,1H3,(H,28,31)/t24-/m0/s1. The van der Waals surface area contributed by atoms with Crippen molar-refractivity contribution in [3.05, 3.63) is 123 Å². The molecule has 168 valence electrons. The van der Waals surface area contributed by atoms with Gasteiger partial charge in [-0.1, -0.05) is 60.3 Å². The SMILES string of the molecule is CC1=C(C(=O)Nc2ccccc2)[C@H](c2ccccc2)N2C(c3ccc([N+](=O)[O-])cc3)=CSC2=N1. The number of rotatable bonds is 5. The van der Waals surface area contributed by atoms with Crippen molar-refractivity contribution < 1.29 is 9.72 Å². The van der Waals surface area contributed by atoms with Crippen LogP contribution in [-0.4, -0.2) is 20.9 Å². The van der Waals surface area contributed by atoms with Gasteiger partial charge < -0.3 is 10.2 Å². The average molecular weight is 469 g/mol. The van der Waals surface area contributed by atoms with E-state index >= 15 is 0 Å². The maximum absolute atomic E-state index is 13.5. The van der Waals surface area contributed by atoms with Gasteiger partial charge in [-0.3, -0.25) is 14.9 Å². The number of nitro groups is 1. The van der Waals surface area contributed by atoms with Crippen molar-refractivity contribution in [3.63, 3.8) is 0 Å². The van der Waals surface area contributed by atoms with Crippen LogP contribution in [0.15, 0.2) is 107 Å². The number of fused-ring (bicyclic) bond motifs is 1. The van der Waals surface area contributed by atoms with E-state index in [2.05, 4.69) is 5.32 Å². The Morgan fingerprint density at radius 1 is 1.00 bits per heavy atom. The lowest BCUT2D eigenvalue weighted by atomic mass is 9.92. The Labute approximate surface area is 200 Å². The van der Waals surface area contributed by atoms with Crippen LogP contribution >= 0.6 is 11.8 Å². The van der Waals surface area contributed by atoms with Gasteiger partial charge in [-0.15, -0.1) is 0 Å². The number of anilines is 1. The molecule has 0 spiro atoms. The van der Waals surface area contributed by atoms with Crippen molar-refractivity contribution in [2.45, 2.75) is 13.0 Å². The molecule has 3 aromatic carbocycles. The number of hydrogen-bond donors (Lipinski definition) is 1. The second-order valence-corrected chi connectivity index (χ2v) is 8.66. The number of nitrogens with zero attached hydrogens (tertiary/aromatic N) is 3. The second-order valence-electron chi connectivity index (χ2n) is 7.82. The molecule has 1 amide bonds. The Balaban J connectivity index is 1.58. The minimum Gasteiger partial charge on any atom is -0.322 e. The van der Waals surface area contributed by atoms with Gasteiger partial charge in [0.1, 0.15) is 0 Å². The van der Waals surface area contributed by atoms with Crippen LogP contribution in [0.5, 0.6) is 0 Å². The number of amides is 1. The number of aliphatic imine (C=N–C) groups is 1. The van der Waals surface area contributed by atoms with E-state index in [1.807, 2.05) is 77.9 Å². The first kappa shape index (κ1) is 21.7. The van der Waals surface area contributed by atoms with Crippen molar-refractivity contribution >= 4 is 39.9 Å². The summed E-state index contributed by atoms with van der Waals surface area (Å²) in [6.45, 7) is 1.85. The van der Waals surface area contributed by atoms with Crippen molar-refractivity contribution in [2.75, 3.05) is 5.32 Å². The molecule has 0 bridgehead atoms.